The minimum Gasteiger partial charge on any atom is -0.337 e. The van der Waals surface area contributed by atoms with E-state index in [1.54, 1.807) is 18.2 Å². The van der Waals surface area contributed by atoms with E-state index < -0.39 is 18.5 Å². The molecule has 0 bridgehead atoms. The van der Waals surface area contributed by atoms with Crippen LogP contribution in [0.5, 0.6) is 0 Å². The molecule has 0 amide bonds. The van der Waals surface area contributed by atoms with Crippen LogP contribution in [0.3, 0.4) is 0 Å². The summed E-state index contributed by atoms with van der Waals surface area (Å²) >= 11 is 12.1. The van der Waals surface area contributed by atoms with Gasteiger partial charge in [-0.15, -0.1) is 12.4 Å². The lowest BCUT2D eigenvalue weighted by molar-refractivity contribution is 0.0200. The zero-order valence-corrected chi connectivity index (χ0v) is 12.8. The molecule has 1 N–H and O–H groups in total. The van der Waals surface area contributed by atoms with E-state index in [0.29, 0.717) is 15.6 Å². The predicted molar refractivity (Wildman–Crippen MR) is 77.3 cm³/mol. The Hall–Kier alpha value is -0.950. The molecule has 21 heavy (non-hydrogen) atoms. The van der Waals surface area contributed by atoms with Crippen molar-refractivity contribution < 1.29 is 13.3 Å². The molecule has 1 saturated heterocycles. The van der Waals surface area contributed by atoms with Crippen LogP contribution in [0.15, 0.2) is 22.7 Å². The fourth-order valence-electron chi connectivity index (χ4n) is 2.08. The normalized spacial score (nSPS) is 20.3. The predicted octanol–water partition coefficient (Wildman–Crippen LogP) is 4.13. The Kier molecular flexibility index (Phi) is 4.72. The van der Waals surface area contributed by atoms with E-state index in [1.807, 2.05) is 0 Å². The highest BCUT2D eigenvalue weighted by atomic mass is 35.5. The number of nitrogens with one attached hydrogen (secondary N) is 1. The lowest BCUT2D eigenvalue weighted by Crippen LogP contribution is -2.19. The van der Waals surface area contributed by atoms with E-state index >= 15 is 0 Å². The zero-order chi connectivity index (χ0) is 14.3. The SMILES string of the molecule is Cl.FC1(F)CNC(c2nc(-c3c(Cl)cccc3Cl)no2)C1. The van der Waals surface area contributed by atoms with E-state index in [9.17, 15) is 8.78 Å². The maximum Gasteiger partial charge on any atom is 0.262 e. The molecule has 0 saturated carbocycles. The summed E-state index contributed by atoms with van der Waals surface area (Å²) in [7, 11) is 0. The van der Waals surface area contributed by atoms with E-state index in [0.717, 1.165) is 0 Å². The number of rotatable bonds is 2. The van der Waals surface area contributed by atoms with Crippen LogP contribution in [0.25, 0.3) is 11.4 Å². The maximum atomic E-state index is 13.1. The summed E-state index contributed by atoms with van der Waals surface area (Å²) in [6.45, 7) is -0.401. The lowest BCUT2D eigenvalue weighted by atomic mass is 10.2. The average Bonchev–Trinajstić information content (AvgIpc) is 2.96. The van der Waals surface area contributed by atoms with Gasteiger partial charge < -0.3 is 4.52 Å². The minimum atomic E-state index is -2.76. The molecule has 114 valence electrons. The van der Waals surface area contributed by atoms with Crippen molar-refractivity contribution in [1.29, 1.82) is 0 Å². The molecule has 3 rings (SSSR count). The number of hydrogen-bond acceptors (Lipinski definition) is 4. The number of halogens is 5. The molecule has 9 heteroatoms. The molecule has 1 aliphatic heterocycles. The smallest absolute Gasteiger partial charge is 0.262 e. The Morgan fingerprint density at radius 2 is 1.95 bits per heavy atom. The van der Waals surface area contributed by atoms with Gasteiger partial charge in [-0.25, -0.2) is 8.78 Å². The first-order chi connectivity index (χ1) is 9.46. The monoisotopic (exact) mass is 355 g/mol. The minimum absolute atomic E-state index is 0. The second-order valence-electron chi connectivity index (χ2n) is 4.55. The largest absolute Gasteiger partial charge is 0.337 e. The van der Waals surface area contributed by atoms with Gasteiger partial charge in [-0.3, -0.25) is 5.32 Å². The van der Waals surface area contributed by atoms with Crippen molar-refractivity contribution in [2.75, 3.05) is 6.54 Å². The molecule has 4 nitrogen and oxygen atoms in total. The topological polar surface area (TPSA) is 51.0 Å². The van der Waals surface area contributed by atoms with Crippen LogP contribution in [0.2, 0.25) is 10.0 Å². The molecule has 1 atom stereocenters. The molecule has 1 unspecified atom stereocenters. The third-order valence-corrected chi connectivity index (χ3v) is 3.67. The van der Waals surface area contributed by atoms with Gasteiger partial charge in [-0.2, -0.15) is 4.98 Å². The summed E-state index contributed by atoms with van der Waals surface area (Å²) in [5, 5.41) is 7.15. The number of nitrogens with zero attached hydrogens (tertiary/aromatic N) is 2. The van der Waals surface area contributed by atoms with Crippen LogP contribution in [0.4, 0.5) is 8.78 Å². The Bertz CT molecular complexity index is 630. The molecule has 0 spiro atoms. The Morgan fingerprint density at radius 1 is 1.29 bits per heavy atom. The highest BCUT2D eigenvalue weighted by Crippen LogP contribution is 2.36. The third kappa shape index (κ3) is 3.29. The molecule has 1 aromatic heterocycles. The lowest BCUT2D eigenvalue weighted by Gasteiger charge is -2.04. The molecule has 0 aliphatic carbocycles. The Labute approximate surface area is 135 Å². The zero-order valence-electron chi connectivity index (χ0n) is 10.4. The Balaban J connectivity index is 0.00000161. The van der Waals surface area contributed by atoms with Gasteiger partial charge in [0.1, 0.15) is 0 Å². The van der Waals surface area contributed by atoms with Crippen molar-refractivity contribution in [3.05, 3.63) is 34.1 Å². The number of hydrogen-bond donors (Lipinski definition) is 1. The van der Waals surface area contributed by atoms with Crippen molar-refractivity contribution >= 4 is 35.6 Å². The van der Waals surface area contributed by atoms with Crippen molar-refractivity contribution in [3.8, 4) is 11.4 Å². The number of aromatic nitrogens is 2. The summed E-state index contributed by atoms with van der Waals surface area (Å²) in [5.41, 5.74) is 0.426. The first-order valence-electron chi connectivity index (χ1n) is 5.85. The summed E-state index contributed by atoms with van der Waals surface area (Å²) in [6.07, 6.45) is -0.370. The van der Waals surface area contributed by atoms with Crippen molar-refractivity contribution in [2.24, 2.45) is 0 Å². The van der Waals surface area contributed by atoms with E-state index in [-0.39, 0.29) is 30.5 Å². The standard InChI is InChI=1S/C12H9Cl2F2N3O.ClH/c13-6-2-1-3-7(14)9(6)10-18-11(20-19-10)8-4-12(15,16)5-17-8;/h1-3,8,17H,4-5H2;1H. The summed E-state index contributed by atoms with van der Waals surface area (Å²) in [6, 6.07) is 4.31. The van der Waals surface area contributed by atoms with Gasteiger partial charge in [0.25, 0.3) is 5.92 Å². The van der Waals surface area contributed by atoms with Crippen LogP contribution in [-0.4, -0.2) is 22.6 Å². The summed E-state index contributed by atoms with van der Waals surface area (Å²) in [5.74, 6) is -2.47. The van der Waals surface area contributed by atoms with Crippen LogP contribution >= 0.6 is 35.6 Å². The van der Waals surface area contributed by atoms with Crippen LogP contribution in [-0.2, 0) is 0 Å². The van der Waals surface area contributed by atoms with Crippen molar-refractivity contribution in [3.63, 3.8) is 0 Å². The molecular formula is C12H10Cl3F2N3O. The van der Waals surface area contributed by atoms with Gasteiger partial charge in [0.2, 0.25) is 11.7 Å². The molecule has 1 fully saturated rings. The van der Waals surface area contributed by atoms with Crippen LogP contribution in [0, 0.1) is 0 Å². The quantitative estimate of drug-likeness (QED) is 0.879. The molecule has 2 aromatic rings. The maximum absolute atomic E-state index is 13.1. The van der Waals surface area contributed by atoms with Crippen molar-refractivity contribution in [2.45, 2.75) is 18.4 Å². The van der Waals surface area contributed by atoms with Gasteiger partial charge in [-0.1, -0.05) is 34.4 Å². The Morgan fingerprint density at radius 3 is 2.52 bits per heavy atom. The van der Waals surface area contributed by atoms with Crippen LogP contribution in [0.1, 0.15) is 18.4 Å². The molecule has 0 radical (unpaired) electrons. The first-order valence-corrected chi connectivity index (χ1v) is 6.61. The third-order valence-electron chi connectivity index (χ3n) is 3.04. The fraction of sp³-hybridized carbons (Fsp3) is 0.333. The van der Waals surface area contributed by atoms with Gasteiger partial charge in [0, 0.05) is 6.42 Å². The summed E-state index contributed by atoms with van der Waals surface area (Å²) < 4.78 is 31.3. The van der Waals surface area contributed by atoms with Crippen molar-refractivity contribution in [1.82, 2.24) is 15.5 Å². The second-order valence-corrected chi connectivity index (χ2v) is 5.36. The van der Waals surface area contributed by atoms with Crippen LogP contribution < -0.4 is 5.32 Å². The molecule has 1 aromatic carbocycles. The van der Waals surface area contributed by atoms with Gasteiger partial charge in [0.05, 0.1) is 28.2 Å². The van der Waals surface area contributed by atoms with Gasteiger partial charge in [0.15, 0.2) is 0 Å². The van der Waals surface area contributed by atoms with E-state index in [4.69, 9.17) is 27.7 Å². The van der Waals surface area contributed by atoms with Gasteiger partial charge in [-0.05, 0) is 12.1 Å². The van der Waals surface area contributed by atoms with E-state index in [1.165, 1.54) is 0 Å². The van der Waals surface area contributed by atoms with Gasteiger partial charge >= 0.3 is 0 Å². The summed E-state index contributed by atoms with van der Waals surface area (Å²) in [4.78, 5) is 4.11. The fourth-order valence-corrected chi connectivity index (χ4v) is 2.65. The molecular weight excluding hydrogens is 347 g/mol. The highest BCUT2D eigenvalue weighted by molar-refractivity contribution is 6.38. The number of benzene rings is 1. The number of alkyl halides is 2. The molecule has 2 heterocycles. The van der Waals surface area contributed by atoms with E-state index in [2.05, 4.69) is 15.5 Å². The first kappa shape index (κ1) is 16.4. The molecule has 1 aliphatic rings. The second kappa shape index (κ2) is 6.04. The average molecular weight is 357 g/mol. The highest BCUT2D eigenvalue weighted by Gasteiger charge is 2.42.